The molecule has 30 heteroatoms. The molecule has 70 heavy (non-hydrogen) atoms. The van der Waals surface area contributed by atoms with E-state index in [0.29, 0.717) is 21.4 Å². The largest absolute Gasteiger partial charge is 0.481 e. The number of anilines is 2. The summed E-state index contributed by atoms with van der Waals surface area (Å²) in [5.41, 5.74) is 13.8. The fourth-order valence-corrected chi connectivity index (χ4v) is 15.1. The van der Waals surface area contributed by atoms with E-state index in [0.717, 1.165) is 24.3 Å². The van der Waals surface area contributed by atoms with Gasteiger partial charge in [0.05, 0.1) is 110 Å². The molecule has 0 aliphatic carbocycles. The monoisotopic (exact) mass is 1700 g/mol. The molecule has 4 amide bonds. The number of carbonyl (C=O) groups excluding carboxylic acids is 4. The number of aliphatic hydroxyl groups is 8. The normalized spacial score (nSPS) is 12.5. The zero-order valence-corrected chi connectivity index (χ0v) is 52.7. The van der Waals surface area contributed by atoms with Gasteiger partial charge in [0.15, 0.2) is 0 Å². The minimum Gasteiger partial charge on any atom is -0.481 e. The Morgan fingerprint density at radius 3 is 0.814 bits per heavy atom. The highest BCUT2D eigenvalue weighted by Gasteiger charge is 2.32. The van der Waals surface area contributed by atoms with Gasteiger partial charge in [0.1, 0.15) is 0 Å². The van der Waals surface area contributed by atoms with Crippen LogP contribution in [0.4, 0.5) is 11.4 Å². The highest BCUT2D eigenvalue weighted by molar-refractivity contribution is 14.1. The topological polar surface area (TPSA) is 370 Å². The summed E-state index contributed by atoms with van der Waals surface area (Å²) in [6.07, 6.45) is -2.44. The Balaban J connectivity index is 0.00000108. The van der Waals surface area contributed by atoms with Crippen molar-refractivity contribution in [3.8, 4) is 0 Å². The molecule has 22 nitrogen and oxygen atoms in total. The Morgan fingerprint density at radius 1 is 0.443 bits per heavy atom. The second-order valence-electron chi connectivity index (χ2n) is 14.9. The smallest absolute Gasteiger partial charge is 0.313 e. The number of hydrogen-bond donors (Lipinski definition) is 12. The average molecular weight is 1700 g/mol. The van der Waals surface area contributed by atoms with Gasteiger partial charge in [0.2, 0.25) is 0 Å². The number of carboxylic acids is 2. The van der Waals surface area contributed by atoms with E-state index in [2.05, 4.69) is 0 Å². The molecule has 0 bridgehead atoms. The highest BCUT2D eigenvalue weighted by Crippen LogP contribution is 2.36. The first-order valence-electron chi connectivity index (χ1n) is 20.3. The van der Waals surface area contributed by atoms with Crippen molar-refractivity contribution in [3.05, 3.63) is 43.7 Å². The van der Waals surface area contributed by atoms with Crippen LogP contribution in [-0.2, 0) is 9.59 Å². The molecule has 0 radical (unpaired) electrons. The van der Waals surface area contributed by atoms with Crippen LogP contribution in [0.3, 0.4) is 0 Å². The van der Waals surface area contributed by atoms with E-state index in [-0.39, 0.29) is 71.3 Å². The van der Waals surface area contributed by atoms with Crippen LogP contribution in [0.1, 0.15) is 54.3 Å². The third-order valence-corrected chi connectivity index (χ3v) is 17.7. The maximum absolute atomic E-state index is 12.9. The van der Waals surface area contributed by atoms with Gasteiger partial charge in [-0.1, -0.05) is 0 Å². The standard InChI is InChI=1S/2C16H22I3N3O6.C8H14O4S2/c2*1-21(3-7(25)5-23)15(27)9-11(17)10(13(19)14(20)12(9)18)16(28)22(2)4-8(26)6-24;9-7(10)5-13-3-1-2-4-14-6-8(11)12/h2*7-8,23-26H,3-6,20H2,1-2H3;1-6H2,(H,9,10)(H,11,12). The van der Waals surface area contributed by atoms with Crippen LogP contribution in [0.25, 0.3) is 0 Å². The minimum absolute atomic E-state index is 0.0841. The number of nitrogens with zero attached hydrogens (tertiary/aromatic N) is 4. The van der Waals surface area contributed by atoms with E-state index in [1.165, 1.54) is 71.3 Å². The minimum atomic E-state index is -1.09. The van der Waals surface area contributed by atoms with Crippen LogP contribution in [0.2, 0.25) is 0 Å². The maximum Gasteiger partial charge on any atom is 0.313 e. The van der Waals surface area contributed by atoms with Gasteiger partial charge in [-0.25, -0.2) is 0 Å². The first kappa shape index (κ1) is 69.6. The van der Waals surface area contributed by atoms with Crippen molar-refractivity contribution >= 4 is 206 Å². The number of carbonyl (C=O) groups is 6. The molecule has 2 rings (SSSR count). The zero-order valence-electron chi connectivity index (χ0n) is 38.2. The molecular weight excluding hydrogens is 1650 g/mol. The van der Waals surface area contributed by atoms with Crippen LogP contribution in [-0.4, -0.2) is 234 Å². The lowest BCUT2D eigenvalue weighted by Gasteiger charge is -2.25. The summed E-state index contributed by atoms with van der Waals surface area (Å²) < 4.78 is 2.72. The zero-order chi connectivity index (χ0) is 54.3. The predicted molar refractivity (Wildman–Crippen MR) is 317 cm³/mol. The van der Waals surface area contributed by atoms with E-state index in [1.807, 2.05) is 136 Å². The van der Waals surface area contributed by atoms with Crippen molar-refractivity contribution in [2.45, 2.75) is 37.3 Å². The molecule has 0 spiro atoms. The fourth-order valence-electron chi connectivity index (χ4n) is 5.44. The Kier molecular flexibility index (Phi) is 35.6. The van der Waals surface area contributed by atoms with E-state index >= 15 is 0 Å². The van der Waals surface area contributed by atoms with Gasteiger partial charge in [-0.05, 0) is 160 Å². The number of hydrogen-bond acceptors (Lipinski definition) is 18. The van der Waals surface area contributed by atoms with Gasteiger partial charge >= 0.3 is 11.9 Å². The molecule has 4 atom stereocenters. The van der Waals surface area contributed by atoms with E-state index in [4.69, 9.17) is 42.1 Å². The quantitative estimate of drug-likeness (QED) is 0.0378. The molecule has 0 heterocycles. The summed E-state index contributed by atoms with van der Waals surface area (Å²) in [7, 11) is 5.92. The molecule has 2 aromatic rings. The predicted octanol–water partition coefficient (Wildman–Crippen LogP) is 1.27. The number of likely N-dealkylation sites (N-methyl/N-ethyl adjacent to an activating group) is 4. The Morgan fingerprint density at radius 2 is 0.643 bits per heavy atom. The lowest BCUT2D eigenvalue weighted by atomic mass is 10.1. The van der Waals surface area contributed by atoms with Crippen molar-refractivity contribution in [1.82, 2.24) is 19.6 Å². The number of nitrogen functional groups attached to an aromatic ring is 2. The Labute approximate surface area is 495 Å². The van der Waals surface area contributed by atoms with Crippen molar-refractivity contribution < 1.29 is 79.8 Å². The highest BCUT2D eigenvalue weighted by atomic mass is 127. The average Bonchev–Trinajstić information content (AvgIpc) is 3.30. The van der Waals surface area contributed by atoms with Crippen molar-refractivity contribution in [2.24, 2.45) is 0 Å². The Hall–Kier alpha value is -0.380. The van der Waals surface area contributed by atoms with Crippen LogP contribution in [0, 0.1) is 21.4 Å². The summed E-state index contributed by atoms with van der Waals surface area (Å²) in [6.45, 7) is -2.27. The van der Waals surface area contributed by atoms with Gasteiger partial charge in [0, 0.05) is 61.5 Å². The maximum atomic E-state index is 12.9. The molecule has 0 aromatic heterocycles. The summed E-state index contributed by atoms with van der Waals surface area (Å²) in [5, 5.41) is 91.1. The first-order valence-corrected chi connectivity index (χ1v) is 29.0. The summed E-state index contributed by atoms with van der Waals surface area (Å²) in [5.74, 6) is -1.38. The number of benzene rings is 2. The van der Waals surface area contributed by atoms with Gasteiger partial charge in [-0.15, -0.1) is 0 Å². The van der Waals surface area contributed by atoms with Crippen LogP contribution in [0.5, 0.6) is 0 Å². The first-order chi connectivity index (χ1) is 32.6. The summed E-state index contributed by atoms with van der Waals surface area (Å²) in [4.78, 5) is 77.0. The number of thioether (sulfide) groups is 2. The van der Waals surface area contributed by atoms with Crippen molar-refractivity contribution in [1.29, 1.82) is 0 Å². The van der Waals surface area contributed by atoms with Gasteiger partial charge in [0.25, 0.3) is 23.6 Å². The lowest BCUT2D eigenvalue weighted by molar-refractivity contribution is -0.134. The number of aliphatic carboxylic acids is 2. The van der Waals surface area contributed by atoms with Gasteiger partial charge in [-0.3, -0.25) is 28.8 Å². The number of amides is 4. The van der Waals surface area contributed by atoms with E-state index in [9.17, 15) is 49.2 Å². The third-order valence-electron chi connectivity index (χ3n) is 9.00. The molecule has 0 aliphatic heterocycles. The molecule has 0 aliphatic rings. The number of aliphatic hydroxyl groups excluding tert-OH is 8. The third kappa shape index (κ3) is 22.8. The molecule has 0 saturated heterocycles. The second kappa shape index (κ2) is 35.8. The van der Waals surface area contributed by atoms with Crippen molar-refractivity contribution in [2.75, 3.05) is 115 Å². The summed E-state index contributed by atoms with van der Waals surface area (Å²) in [6, 6.07) is 0. The number of carboxylic acid groups (broad SMARTS) is 2. The van der Waals surface area contributed by atoms with Crippen LogP contribution >= 0.6 is 159 Å². The van der Waals surface area contributed by atoms with Gasteiger partial charge in [-0.2, -0.15) is 23.5 Å². The van der Waals surface area contributed by atoms with Crippen LogP contribution in [0.15, 0.2) is 0 Å². The fraction of sp³-hybridized carbons (Fsp3) is 0.550. The molecule has 398 valence electrons. The number of unbranched alkanes of at least 4 members (excludes halogenated alkanes) is 1. The molecular formula is C40H58I6N6O16S2. The van der Waals surface area contributed by atoms with Crippen molar-refractivity contribution in [3.63, 3.8) is 0 Å². The summed E-state index contributed by atoms with van der Waals surface area (Å²) >= 11 is 14.4. The number of nitrogens with two attached hydrogens (primary N) is 2. The SMILES string of the molecule is CN(CC(O)CO)C(=O)c1c(I)c(N)c(I)c(C(=O)N(C)CC(O)CO)c1I.CN(CC(O)CO)C(=O)c1c(I)c(N)c(I)c(C(=O)N(C)CC(O)CO)c1I.O=C(O)CSCCCCSCC(=O)O. The number of halogens is 6. The van der Waals surface area contributed by atoms with Crippen LogP contribution < -0.4 is 11.5 Å². The molecule has 0 fully saturated rings. The van der Waals surface area contributed by atoms with E-state index < -0.39 is 86.4 Å². The lowest BCUT2D eigenvalue weighted by Crippen LogP contribution is -2.38. The van der Waals surface area contributed by atoms with Gasteiger partial charge < -0.3 is 82.1 Å². The van der Waals surface area contributed by atoms with E-state index in [1.54, 1.807) is 0 Å². The number of rotatable bonds is 25. The molecule has 4 unspecified atom stereocenters. The molecule has 0 saturated carbocycles. The Bertz CT molecular complexity index is 1850. The molecule has 2 aromatic carbocycles. The second-order valence-corrected chi connectivity index (χ2v) is 23.6. The molecule has 14 N–H and O–H groups in total.